The highest BCUT2D eigenvalue weighted by atomic mass is 19.1. The molecule has 0 saturated carbocycles. The Labute approximate surface area is 251 Å². The third kappa shape index (κ3) is 5.01. The third-order valence-electron chi connectivity index (χ3n) is 9.14. The minimum absolute atomic E-state index is 0.00974. The fourth-order valence-corrected chi connectivity index (χ4v) is 6.72. The summed E-state index contributed by atoms with van der Waals surface area (Å²) in [6, 6.07) is 9.34. The fourth-order valence-electron chi connectivity index (χ4n) is 6.72. The molecule has 4 heterocycles. The first-order valence-electron chi connectivity index (χ1n) is 14.4. The number of ether oxygens (including phenoxy) is 1. The molecular formula is C32H31F3N4O5. The monoisotopic (exact) mass is 608 g/mol. The first kappa shape index (κ1) is 29.5. The van der Waals surface area contributed by atoms with Crippen molar-refractivity contribution in [1.82, 2.24) is 19.7 Å². The van der Waals surface area contributed by atoms with E-state index in [9.17, 15) is 32.3 Å². The van der Waals surface area contributed by atoms with Crippen LogP contribution in [0.15, 0.2) is 53.5 Å². The zero-order chi connectivity index (χ0) is 31.3. The molecular weight excluding hydrogens is 577 g/mol. The van der Waals surface area contributed by atoms with Crippen LogP contribution in [0.1, 0.15) is 64.2 Å². The molecule has 1 spiro atoms. The van der Waals surface area contributed by atoms with Gasteiger partial charge in [-0.05, 0) is 25.3 Å². The highest BCUT2D eigenvalue weighted by Gasteiger charge is 2.54. The zero-order valence-electron chi connectivity index (χ0n) is 24.2. The van der Waals surface area contributed by atoms with Gasteiger partial charge in [-0.1, -0.05) is 30.3 Å². The molecule has 230 valence electrons. The normalized spacial score (nSPS) is 22.7. The van der Waals surface area contributed by atoms with Crippen LogP contribution in [0.5, 0.6) is 5.75 Å². The zero-order valence-corrected chi connectivity index (χ0v) is 24.2. The highest BCUT2D eigenvalue weighted by Crippen LogP contribution is 2.50. The van der Waals surface area contributed by atoms with Crippen molar-refractivity contribution < 1.29 is 32.3 Å². The van der Waals surface area contributed by atoms with Gasteiger partial charge in [-0.2, -0.15) is 0 Å². The van der Waals surface area contributed by atoms with Gasteiger partial charge in [-0.25, -0.2) is 13.2 Å². The molecule has 3 aliphatic heterocycles. The van der Waals surface area contributed by atoms with Crippen LogP contribution in [-0.4, -0.2) is 58.3 Å². The average Bonchev–Trinajstić information content (AvgIpc) is 3.21. The number of rotatable bonds is 6. The topological polar surface area (TPSA) is 101 Å². The van der Waals surface area contributed by atoms with E-state index in [0.29, 0.717) is 31.5 Å². The number of nitrogens with one attached hydrogen (secondary N) is 1. The van der Waals surface area contributed by atoms with Crippen LogP contribution in [-0.2, 0) is 17.9 Å². The lowest BCUT2D eigenvalue weighted by Gasteiger charge is -2.43. The van der Waals surface area contributed by atoms with Crippen molar-refractivity contribution in [2.45, 2.75) is 51.4 Å². The molecule has 1 aromatic heterocycles. The number of pyridine rings is 1. The number of benzene rings is 2. The van der Waals surface area contributed by atoms with Gasteiger partial charge in [0.25, 0.3) is 11.8 Å². The standard InChI is InChI=1S/C32H31F3N4O5/c1-18-8-9-32(12-26(40)37(2)17-32)25-15-38(18)31(43)27-29(44-16-19-6-4-3-5-7-19)28(41)22(14-39(25)27)30(42)36-13-21-23(34)10-20(33)11-24(21)35/h3-7,10-11,14,18,25H,8-9,12-13,15-17H2,1-2H3,(H,36,42)/t18-,25+,32-/m0/s1. The maximum absolute atomic E-state index is 14.3. The summed E-state index contributed by atoms with van der Waals surface area (Å²) in [5.74, 6) is -5.21. The number of amides is 3. The van der Waals surface area contributed by atoms with Crippen molar-refractivity contribution in [3.8, 4) is 5.75 Å². The minimum atomic E-state index is -1.19. The summed E-state index contributed by atoms with van der Waals surface area (Å²) in [5, 5.41) is 2.36. The molecule has 3 amide bonds. The first-order chi connectivity index (χ1) is 21.0. The second-order valence-corrected chi connectivity index (χ2v) is 11.9. The second kappa shape index (κ2) is 11.1. The van der Waals surface area contributed by atoms with Gasteiger partial charge in [0.2, 0.25) is 11.3 Å². The van der Waals surface area contributed by atoms with E-state index < -0.39 is 63.8 Å². The molecule has 12 heteroatoms. The lowest BCUT2D eigenvalue weighted by molar-refractivity contribution is -0.126. The van der Waals surface area contributed by atoms with E-state index >= 15 is 0 Å². The summed E-state index contributed by atoms with van der Waals surface area (Å²) in [6.07, 6.45) is 2.80. The summed E-state index contributed by atoms with van der Waals surface area (Å²) in [5.41, 5.74) is -1.70. The van der Waals surface area contributed by atoms with Gasteiger partial charge in [-0.15, -0.1) is 0 Å². The van der Waals surface area contributed by atoms with E-state index in [4.69, 9.17) is 4.74 Å². The summed E-state index contributed by atoms with van der Waals surface area (Å²) >= 11 is 0. The van der Waals surface area contributed by atoms with Crippen molar-refractivity contribution in [2.75, 3.05) is 20.1 Å². The lowest BCUT2D eigenvalue weighted by atomic mass is 9.75. The van der Waals surface area contributed by atoms with Gasteiger partial charge in [0.05, 0.1) is 6.04 Å². The third-order valence-corrected chi connectivity index (χ3v) is 9.14. The van der Waals surface area contributed by atoms with E-state index in [1.54, 1.807) is 45.7 Å². The van der Waals surface area contributed by atoms with E-state index in [-0.39, 0.29) is 43.0 Å². The largest absolute Gasteiger partial charge is 0.483 e. The number of carbonyl (C=O) groups is 3. The number of aromatic nitrogens is 1. The molecule has 3 atom stereocenters. The summed E-state index contributed by atoms with van der Waals surface area (Å²) in [6.45, 7) is 1.90. The van der Waals surface area contributed by atoms with Gasteiger partial charge in [0, 0.05) is 68.5 Å². The van der Waals surface area contributed by atoms with Crippen molar-refractivity contribution >= 4 is 17.7 Å². The molecule has 44 heavy (non-hydrogen) atoms. The molecule has 0 radical (unpaired) electrons. The van der Waals surface area contributed by atoms with Crippen LogP contribution < -0.4 is 15.5 Å². The quantitative estimate of drug-likeness (QED) is 0.459. The Morgan fingerprint density at radius 2 is 1.80 bits per heavy atom. The van der Waals surface area contributed by atoms with Gasteiger partial charge >= 0.3 is 0 Å². The van der Waals surface area contributed by atoms with Crippen molar-refractivity contribution in [2.24, 2.45) is 5.41 Å². The number of fused-ring (bicyclic) bond motifs is 5. The number of likely N-dealkylation sites (tertiary alicyclic amines) is 1. The molecule has 6 rings (SSSR count). The Balaban J connectivity index is 1.46. The minimum Gasteiger partial charge on any atom is -0.483 e. The number of carbonyl (C=O) groups excluding carboxylic acids is 3. The van der Waals surface area contributed by atoms with Crippen LogP contribution in [0.3, 0.4) is 0 Å². The first-order valence-corrected chi connectivity index (χ1v) is 14.4. The van der Waals surface area contributed by atoms with Crippen LogP contribution in [0.2, 0.25) is 0 Å². The SMILES string of the molecule is C[C@H]1CC[C@@]2(CC(=O)N(C)C2)[C@H]2CN1C(=O)c1c(OCc3ccccc3)c(=O)c(C(=O)NCc3c(F)cc(F)cc3F)cn12. The predicted octanol–water partition coefficient (Wildman–Crippen LogP) is 3.80. The molecule has 2 fully saturated rings. The Bertz CT molecular complexity index is 1710. The Morgan fingerprint density at radius 3 is 2.45 bits per heavy atom. The molecule has 2 aromatic carbocycles. The van der Waals surface area contributed by atoms with Crippen LogP contribution in [0, 0.1) is 22.9 Å². The summed E-state index contributed by atoms with van der Waals surface area (Å²) in [4.78, 5) is 57.6. The van der Waals surface area contributed by atoms with Gasteiger partial charge in [0.15, 0.2) is 11.4 Å². The van der Waals surface area contributed by atoms with Gasteiger partial charge < -0.3 is 24.4 Å². The van der Waals surface area contributed by atoms with Crippen molar-refractivity contribution in [3.05, 3.63) is 98.7 Å². The smallest absolute Gasteiger partial charge is 0.274 e. The maximum Gasteiger partial charge on any atom is 0.274 e. The molecule has 1 N–H and O–H groups in total. The van der Waals surface area contributed by atoms with E-state index in [0.717, 1.165) is 5.56 Å². The molecule has 2 bridgehead atoms. The van der Waals surface area contributed by atoms with Crippen LogP contribution in [0.4, 0.5) is 13.2 Å². The van der Waals surface area contributed by atoms with Gasteiger partial charge in [0.1, 0.15) is 29.6 Å². The van der Waals surface area contributed by atoms with Gasteiger partial charge in [-0.3, -0.25) is 19.2 Å². The Kier molecular flexibility index (Phi) is 7.46. The highest BCUT2D eigenvalue weighted by molar-refractivity contribution is 5.99. The Morgan fingerprint density at radius 1 is 1.09 bits per heavy atom. The number of hydrogen-bond donors (Lipinski definition) is 1. The van der Waals surface area contributed by atoms with Crippen molar-refractivity contribution in [1.29, 1.82) is 0 Å². The molecule has 3 aromatic rings. The van der Waals surface area contributed by atoms with E-state index in [1.807, 2.05) is 13.0 Å². The second-order valence-electron chi connectivity index (χ2n) is 11.9. The number of hydrogen-bond acceptors (Lipinski definition) is 5. The average molecular weight is 609 g/mol. The molecule has 9 nitrogen and oxygen atoms in total. The fraction of sp³-hybridized carbons (Fsp3) is 0.375. The van der Waals surface area contributed by atoms with Crippen molar-refractivity contribution in [3.63, 3.8) is 0 Å². The van der Waals surface area contributed by atoms with Crippen LogP contribution >= 0.6 is 0 Å². The van der Waals surface area contributed by atoms with E-state index in [1.165, 1.54) is 6.20 Å². The molecule has 0 unspecified atom stereocenters. The maximum atomic E-state index is 14.3. The molecule has 2 saturated heterocycles. The Hall–Kier alpha value is -4.61. The van der Waals surface area contributed by atoms with E-state index in [2.05, 4.69) is 5.32 Å². The summed E-state index contributed by atoms with van der Waals surface area (Å²) in [7, 11) is 1.73. The molecule has 3 aliphatic rings. The summed E-state index contributed by atoms with van der Waals surface area (Å²) < 4.78 is 49.6. The number of nitrogens with zero attached hydrogens (tertiary/aromatic N) is 3. The molecule has 0 aliphatic carbocycles. The number of halogens is 3. The van der Waals surface area contributed by atoms with Crippen LogP contribution in [0.25, 0.3) is 0 Å². The predicted molar refractivity (Wildman–Crippen MR) is 152 cm³/mol. The lowest BCUT2D eigenvalue weighted by Crippen LogP contribution is -2.51.